The summed E-state index contributed by atoms with van der Waals surface area (Å²) in [7, 11) is 0. The van der Waals surface area contributed by atoms with Crippen molar-refractivity contribution in [2.45, 2.75) is 25.6 Å². The van der Waals surface area contributed by atoms with Crippen molar-refractivity contribution in [3.8, 4) is 0 Å². The number of para-hydroxylation sites is 1. The highest BCUT2D eigenvalue weighted by molar-refractivity contribution is 7.18. The number of rotatable bonds is 5. The molecule has 5 nitrogen and oxygen atoms in total. The summed E-state index contributed by atoms with van der Waals surface area (Å²) < 4.78 is 0.915. The normalized spacial score (nSPS) is 14.3. The summed E-state index contributed by atoms with van der Waals surface area (Å²) in [5.74, 6) is -0.575. The molecular formula is C13H16N2O3S. The second kappa shape index (κ2) is 6.10. The molecule has 3 N–H and O–H groups in total. The number of aliphatic hydroxyl groups is 2. The number of benzene rings is 1. The van der Waals surface area contributed by atoms with E-state index in [-0.39, 0.29) is 0 Å². The van der Waals surface area contributed by atoms with E-state index < -0.39 is 18.1 Å². The molecule has 1 amide bonds. The summed E-state index contributed by atoms with van der Waals surface area (Å²) in [6, 6.07) is 7.43. The molecule has 6 heteroatoms. The van der Waals surface area contributed by atoms with E-state index in [0.29, 0.717) is 11.6 Å². The number of carbonyl (C=O) groups excluding carboxylic acids is 1. The first-order valence-electron chi connectivity index (χ1n) is 6.12. The van der Waals surface area contributed by atoms with E-state index in [9.17, 15) is 15.0 Å². The molecular weight excluding hydrogens is 264 g/mol. The van der Waals surface area contributed by atoms with Gasteiger partial charge in [-0.2, -0.15) is 0 Å². The number of fused-ring (bicyclic) bond motifs is 1. The van der Waals surface area contributed by atoms with E-state index in [4.69, 9.17) is 0 Å². The third-order valence-electron chi connectivity index (χ3n) is 2.68. The summed E-state index contributed by atoms with van der Waals surface area (Å²) in [5, 5.41) is 22.7. The quantitative estimate of drug-likeness (QED) is 0.769. The van der Waals surface area contributed by atoms with Gasteiger partial charge in [0.1, 0.15) is 11.1 Å². The number of aliphatic hydroxyl groups excluding tert-OH is 2. The molecule has 0 aliphatic heterocycles. The van der Waals surface area contributed by atoms with Crippen molar-refractivity contribution in [2.24, 2.45) is 0 Å². The highest BCUT2D eigenvalue weighted by Gasteiger charge is 2.27. The Morgan fingerprint density at radius 1 is 1.42 bits per heavy atom. The minimum absolute atomic E-state index is 0.348. The van der Waals surface area contributed by atoms with Crippen molar-refractivity contribution in [1.82, 2.24) is 10.3 Å². The van der Waals surface area contributed by atoms with E-state index in [2.05, 4.69) is 10.3 Å². The molecule has 2 rings (SSSR count). The maximum Gasteiger partial charge on any atom is 0.252 e. The molecule has 0 aliphatic rings. The van der Waals surface area contributed by atoms with Gasteiger partial charge in [0.05, 0.1) is 10.2 Å². The van der Waals surface area contributed by atoms with Gasteiger partial charge >= 0.3 is 0 Å². The van der Waals surface area contributed by atoms with Crippen LogP contribution in [0.15, 0.2) is 24.3 Å². The lowest BCUT2D eigenvalue weighted by Crippen LogP contribution is -2.38. The van der Waals surface area contributed by atoms with Gasteiger partial charge in [-0.1, -0.05) is 19.1 Å². The van der Waals surface area contributed by atoms with Gasteiger partial charge in [-0.05, 0) is 18.6 Å². The fraction of sp³-hybridized carbons (Fsp3) is 0.385. The number of carbonyl (C=O) groups is 1. The molecule has 0 radical (unpaired) electrons. The van der Waals surface area contributed by atoms with E-state index in [1.165, 1.54) is 11.3 Å². The Bertz CT molecular complexity index is 537. The van der Waals surface area contributed by atoms with Crippen LogP contribution in [0.3, 0.4) is 0 Å². The predicted octanol–water partition coefficient (Wildman–Crippen LogP) is 1.22. The summed E-state index contributed by atoms with van der Waals surface area (Å²) in [4.78, 5) is 15.8. The van der Waals surface area contributed by atoms with Crippen LogP contribution >= 0.6 is 11.3 Å². The van der Waals surface area contributed by atoms with Crippen LogP contribution in [-0.4, -0.2) is 33.8 Å². The van der Waals surface area contributed by atoms with Crippen molar-refractivity contribution in [1.29, 1.82) is 0 Å². The van der Waals surface area contributed by atoms with Gasteiger partial charge in [-0.25, -0.2) is 4.98 Å². The Hall–Kier alpha value is -1.50. The lowest BCUT2D eigenvalue weighted by atomic mass is 10.2. The Kier molecular flexibility index (Phi) is 4.47. The maximum absolute atomic E-state index is 11.6. The van der Waals surface area contributed by atoms with Crippen LogP contribution in [0.25, 0.3) is 10.2 Å². The molecule has 19 heavy (non-hydrogen) atoms. The fourth-order valence-electron chi connectivity index (χ4n) is 1.65. The SMILES string of the molecule is CCCNC(=O)C(O)C(O)c1nc2ccccc2s1. The third-order valence-corrected chi connectivity index (χ3v) is 3.79. The number of thiazole rings is 1. The van der Waals surface area contributed by atoms with Crippen LogP contribution in [0, 0.1) is 0 Å². The zero-order valence-corrected chi connectivity index (χ0v) is 11.4. The van der Waals surface area contributed by atoms with Crippen LogP contribution in [0.2, 0.25) is 0 Å². The molecule has 0 aliphatic carbocycles. The second-order valence-corrected chi connectivity index (χ2v) is 5.26. The average Bonchev–Trinajstić information content (AvgIpc) is 2.86. The topological polar surface area (TPSA) is 82.5 Å². The van der Waals surface area contributed by atoms with Crippen molar-refractivity contribution in [2.75, 3.05) is 6.54 Å². The first-order valence-corrected chi connectivity index (χ1v) is 6.94. The number of nitrogens with one attached hydrogen (secondary N) is 1. The molecule has 0 saturated heterocycles. The predicted molar refractivity (Wildman–Crippen MR) is 73.9 cm³/mol. The van der Waals surface area contributed by atoms with E-state index in [1.54, 1.807) is 0 Å². The molecule has 2 atom stereocenters. The van der Waals surface area contributed by atoms with Crippen molar-refractivity contribution < 1.29 is 15.0 Å². The summed E-state index contributed by atoms with van der Waals surface area (Å²) in [6.07, 6.45) is -2.02. The zero-order chi connectivity index (χ0) is 13.8. The summed E-state index contributed by atoms with van der Waals surface area (Å²) >= 11 is 1.27. The molecule has 0 saturated carbocycles. The Morgan fingerprint density at radius 2 is 2.16 bits per heavy atom. The van der Waals surface area contributed by atoms with Crippen molar-refractivity contribution in [3.05, 3.63) is 29.3 Å². The standard InChI is InChI=1S/C13H16N2O3S/c1-2-7-14-12(18)10(16)11(17)13-15-8-5-3-4-6-9(8)19-13/h3-6,10-11,16-17H,2,7H2,1H3,(H,14,18). The third kappa shape index (κ3) is 3.09. The van der Waals surface area contributed by atoms with E-state index >= 15 is 0 Å². The molecule has 0 bridgehead atoms. The Labute approximate surface area is 114 Å². The molecule has 1 aromatic carbocycles. The monoisotopic (exact) mass is 280 g/mol. The van der Waals surface area contributed by atoms with Gasteiger partial charge in [0.2, 0.25) is 0 Å². The summed E-state index contributed by atoms with van der Waals surface area (Å²) in [5.41, 5.74) is 0.753. The van der Waals surface area contributed by atoms with Gasteiger partial charge in [0, 0.05) is 6.54 Å². The second-order valence-electron chi connectivity index (χ2n) is 4.20. The molecule has 102 valence electrons. The van der Waals surface area contributed by atoms with Crippen LogP contribution < -0.4 is 5.32 Å². The Morgan fingerprint density at radius 3 is 2.84 bits per heavy atom. The molecule has 0 spiro atoms. The molecule has 2 aromatic rings. The van der Waals surface area contributed by atoms with Gasteiger partial charge in [0.15, 0.2) is 6.10 Å². The first kappa shape index (κ1) is 13.9. The van der Waals surface area contributed by atoms with E-state index in [1.807, 2.05) is 31.2 Å². The number of aromatic nitrogens is 1. The lowest BCUT2D eigenvalue weighted by molar-refractivity contribution is -0.135. The number of amides is 1. The highest BCUT2D eigenvalue weighted by Crippen LogP contribution is 2.27. The van der Waals surface area contributed by atoms with Crippen LogP contribution in [0.4, 0.5) is 0 Å². The van der Waals surface area contributed by atoms with E-state index in [0.717, 1.165) is 16.6 Å². The maximum atomic E-state index is 11.6. The van der Waals surface area contributed by atoms with Gasteiger partial charge < -0.3 is 15.5 Å². The highest BCUT2D eigenvalue weighted by atomic mass is 32.1. The first-order chi connectivity index (χ1) is 9.13. The van der Waals surface area contributed by atoms with Crippen molar-refractivity contribution >= 4 is 27.5 Å². The van der Waals surface area contributed by atoms with Crippen LogP contribution in [0.1, 0.15) is 24.5 Å². The minimum Gasteiger partial charge on any atom is -0.383 e. The van der Waals surface area contributed by atoms with Gasteiger partial charge in [0.25, 0.3) is 5.91 Å². The van der Waals surface area contributed by atoms with Crippen LogP contribution in [0.5, 0.6) is 0 Å². The number of nitrogens with zero attached hydrogens (tertiary/aromatic N) is 1. The number of hydrogen-bond donors (Lipinski definition) is 3. The zero-order valence-electron chi connectivity index (χ0n) is 10.5. The molecule has 2 unspecified atom stereocenters. The van der Waals surface area contributed by atoms with Gasteiger partial charge in [-0.3, -0.25) is 4.79 Å². The minimum atomic E-state index is -1.49. The van der Waals surface area contributed by atoms with Gasteiger partial charge in [-0.15, -0.1) is 11.3 Å². The smallest absolute Gasteiger partial charge is 0.252 e. The Balaban J connectivity index is 2.14. The molecule has 0 fully saturated rings. The number of hydrogen-bond acceptors (Lipinski definition) is 5. The average molecular weight is 280 g/mol. The molecule has 1 heterocycles. The van der Waals surface area contributed by atoms with Crippen molar-refractivity contribution in [3.63, 3.8) is 0 Å². The fourth-order valence-corrected chi connectivity index (χ4v) is 2.63. The lowest BCUT2D eigenvalue weighted by Gasteiger charge is -2.15. The summed E-state index contributed by atoms with van der Waals surface area (Å²) in [6.45, 7) is 2.39. The molecule has 1 aromatic heterocycles. The largest absolute Gasteiger partial charge is 0.383 e. The van der Waals surface area contributed by atoms with Crippen LogP contribution in [-0.2, 0) is 4.79 Å².